The molecule has 0 radical (unpaired) electrons. The zero-order chi connectivity index (χ0) is 13.3. The van der Waals surface area contributed by atoms with E-state index in [1.165, 1.54) is 0 Å². The number of carboxylic acids is 1. The molecule has 17 heavy (non-hydrogen) atoms. The van der Waals surface area contributed by atoms with Crippen LogP contribution in [0.4, 0.5) is 0 Å². The minimum atomic E-state index is -0.968. The number of carboxylic acid groups (broad SMARTS) is 1. The molecule has 0 bridgehead atoms. The first-order valence-corrected chi connectivity index (χ1v) is 5.75. The molecule has 9 N–H and O–H groups in total. The topological polar surface area (TPSA) is 151 Å². The van der Waals surface area contributed by atoms with Gasteiger partial charge in [-0.15, -0.1) is 0 Å². The summed E-state index contributed by atoms with van der Waals surface area (Å²) in [6, 6.07) is -0.744. The van der Waals surface area contributed by atoms with Crippen LogP contribution in [0.3, 0.4) is 0 Å². The fourth-order valence-corrected chi connectivity index (χ4v) is 1.46. The van der Waals surface area contributed by atoms with E-state index in [9.17, 15) is 4.79 Å². The first-order valence-electron chi connectivity index (χ1n) is 5.75. The van der Waals surface area contributed by atoms with Crippen LogP contribution in [-0.2, 0) is 4.79 Å². The monoisotopic (exact) mass is 245 g/mol. The molecular weight excluding hydrogens is 222 g/mol. The van der Waals surface area contributed by atoms with Crippen molar-refractivity contribution in [3.63, 3.8) is 0 Å². The Bertz CT molecular complexity index is 247. The second-order valence-corrected chi connectivity index (χ2v) is 4.12. The summed E-state index contributed by atoms with van der Waals surface area (Å²) < 4.78 is 0. The van der Waals surface area contributed by atoms with Crippen molar-refractivity contribution in [1.82, 2.24) is 5.32 Å². The molecule has 100 valence electrons. The highest BCUT2D eigenvalue weighted by Gasteiger charge is 2.11. The van der Waals surface area contributed by atoms with Gasteiger partial charge in [0.15, 0.2) is 5.96 Å². The van der Waals surface area contributed by atoms with Crippen LogP contribution in [0.5, 0.6) is 0 Å². The highest BCUT2D eigenvalue weighted by atomic mass is 16.4. The smallest absolute Gasteiger partial charge is 0.320 e. The molecule has 7 nitrogen and oxygen atoms in total. The van der Waals surface area contributed by atoms with Gasteiger partial charge in [0.05, 0.1) is 0 Å². The number of hydrogen-bond acceptors (Lipinski definition) is 4. The molecule has 7 heteroatoms. The largest absolute Gasteiger partial charge is 0.480 e. The molecule has 0 amide bonds. The van der Waals surface area contributed by atoms with Crippen molar-refractivity contribution >= 4 is 11.9 Å². The Balaban J connectivity index is 3.43. The van der Waals surface area contributed by atoms with Gasteiger partial charge in [-0.1, -0.05) is 0 Å². The van der Waals surface area contributed by atoms with E-state index in [4.69, 9.17) is 27.7 Å². The van der Waals surface area contributed by atoms with Gasteiger partial charge in [0, 0.05) is 12.6 Å². The molecule has 0 fully saturated rings. The van der Waals surface area contributed by atoms with Crippen LogP contribution in [-0.4, -0.2) is 35.7 Å². The van der Waals surface area contributed by atoms with Crippen molar-refractivity contribution in [3.05, 3.63) is 0 Å². The molecule has 0 aliphatic heterocycles. The van der Waals surface area contributed by atoms with Crippen molar-refractivity contribution in [2.45, 2.75) is 44.2 Å². The lowest BCUT2D eigenvalue weighted by Gasteiger charge is -2.12. The molecule has 0 saturated carbocycles. The fraction of sp³-hybridized carbons (Fsp3) is 0.800. The Morgan fingerprint density at radius 3 is 2.35 bits per heavy atom. The van der Waals surface area contributed by atoms with Crippen molar-refractivity contribution in [2.24, 2.45) is 17.2 Å². The van der Waals surface area contributed by atoms with E-state index in [0.29, 0.717) is 13.0 Å². The van der Waals surface area contributed by atoms with E-state index >= 15 is 0 Å². The van der Waals surface area contributed by atoms with Gasteiger partial charge < -0.3 is 27.6 Å². The summed E-state index contributed by atoms with van der Waals surface area (Å²) in [6.45, 7) is 0.637. The summed E-state index contributed by atoms with van der Waals surface area (Å²) in [4.78, 5) is 10.5. The average molecular weight is 245 g/mol. The molecule has 0 saturated heterocycles. The molecule has 0 aliphatic carbocycles. The number of rotatable bonds is 9. The van der Waals surface area contributed by atoms with E-state index < -0.39 is 12.0 Å². The number of nitrogens with two attached hydrogens (primary N) is 3. The van der Waals surface area contributed by atoms with Crippen molar-refractivity contribution in [1.29, 1.82) is 5.41 Å². The number of nitrogens with one attached hydrogen (secondary N) is 2. The summed E-state index contributed by atoms with van der Waals surface area (Å²) in [6.07, 6.45) is 3.60. The number of carbonyl (C=O) groups is 1. The predicted molar refractivity (Wildman–Crippen MR) is 66.6 cm³/mol. The van der Waals surface area contributed by atoms with Crippen LogP contribution >= 0.6 is 0 Å². The summed E-state index contributed by atoms with van der Waals surface area (Å²) in [5, 5.41) is 18.2. The molecule has 2 atom stereocenters. The van der Waals surface area contributed by atoms with Crippen LogP contribution in [0.1, 0.15) is 32.1 Å². The first kappa shape index (κ1) is 15.7. The maximum Gasteiger partial charge on any atom is 0.320 e. The normalized spacial score (nSPS) is 14.0. The molecule has 0 aromatic heterocycles. The summed E-state index contributed by atoms with van der Waals surface area (Å²) >= 11 is 0. The molecular formula is C10H23N5O2. The summed E-state index contributed by atoms with van der Waals surface area (Å²) in [5.74, 6) is -1.00. The Hall–Kier alpha value is -1.34. The number of hydrogen-bond donors (Lipinski definition) is 6. The second kappa shape index (κ2) is 8.77. The molecule has 0 aromatic carbocycles. The van der Waals surface area contributed by atoms with Crippen LogP contribution in [0.25, 0.3) is 0 Å². The van der Waals surface area contributed by atoms with Crippen LogP contribution < -0.4 is 22.5 Å². The minimum absolute atomic E-state index is 0.0361. The highest BCUT2D eigenvalue weighted by Crippen LogP contribution is 2.06. The van der Waals surface area contributed by atoms with Gasteiger partial charge in [0.25, 0.3) is 0 Å². The fourth-order valence-electron chi connectivity index (χ4n) is 1.46. The number of guanidine groups is 1. The maximum atomic E-state index is 10.5. The SMILES string of the molecule is N=C(N)NCCC[C@@H](N)CCC[C@H](N)C(=O)O. The van der Waals surface area contributed by atoms with Gasteiger partial charge in [-0.05, 0) is 32.1 Å². The Morgan fingerprint density at radius 2 is 1.82 bits per heavy atom. The third kappa shape index (κ3) is 9.58. The first-order chi connectivity index (χ1) is 7.93. The third-order valence-corrected chi connectivity index (χ3v) is 2.47. The molecule has 0 unspecified atom stereocenters. The third-order valence-electron chi connectivity index (χ3n) is 2.47. The van der Waals surface area contributed by atoms with Crippen LogP contribution in [0, 0.1) is 5.41 Å². The van der Waals surface area contributed by atoms with Gasteiger partial charge in [-0.25, -0.2) is 0 Å². The minimum Gasteiger partial charge on any atom is -0.480 e. The Labute approximate surface area is 101 Å². The van der Waals surface area contributed by atoms with Crippen molar-refractivity contribution in [3.8, 4) is 0 Å². The zero-order valence-electron chi connectivity index (χ0n) is 9.98. The van der Waals surface area contributed by atoms with Crippen LogP contribution in [0.2, 0.25) is 0 Å². The second-order valence-electron chi connectivity index (χ2n) is 4.12. The quantitative estimate of drug-likeness (QED) is 0.177. The van der Waals surface area contributed by atoms with E-state index in [2.05, 4.69) is 5.32 Å². The van der Waals surface area contributed by atoms with Crippen molar-refractivity contribution in [2.75, 3.05) is 6.54 Å². The van der Waals surface area contributed by atoms with E-state index in [0.717, 1.165) is 25.7 Å². The van der Waals surface area contributed by atoms with Gasteiger partial charge in [0.1, 0.15) is 6.04 Å². The van der Waals surface area contributed by atoms with Gasteiger partial charge in [0.2, 0.25) is 0 Å². The molecule has 0 aromatic rings. The van der Waals surface area contributed by atoms with E-state index in [-0.39, 0.29) is 12.0 Å². The Morgan fingerprint density at radius 1 is 1.24 bits per heavy atom. The van der Waals surface area contributed by atoms with E-state index in [1.807, 2.05) is 0 Å². The average Bonchev–Trinajstić information content (AvgIpc) is 2.23. The summed E-state index contributed by atoms with van der Waals surface area (Å²) in [5.41, 5.74) is 16.3. The molecule has 0 aliphatic rings. The lowest BCUT2D eigenvalue weighted by molar-refractivity contribution is -0.138. The van der Waals surface area contributed by atoms with Crippen molar-refractivity contribution < 1.29 is 9.90 Å². The molecule has 0 spiro atoms. The van der Waals surface area contributed by atoms with Crippen LogP contribution in [0.15, 0.2) is 0 Å². The number of aliphatic carboxylic acids is 1. The Kier molecular flexibility index (Phi) is 8.08. The van der Waals surface area contributed by atoms with Gasteiger partial charge >= 0.3 is 5.97 Å². The molecule has 0 heterocycles. The highest BCUT2D eigenvalue weighted by molar-refractivity contribution is 5.74. The van der Waals surface area contributed by atoms with Gasteiger partial charge in [-0.2, -0.15) is 0 Å². The van der Waals surface area contributed by atoms with E-state index in [1.54, 1.807) is 0 Å². The standard InChI is InChI=1S/C10H23N5O2/c11-7(4-2-6-15-10(13)14)3-1-5-8(12)9(16)17/h7-8H,1-6,11-12H2,(H,16,17)(H4,13,14,15)/t7-,8-/m0/s1. The lowest BCUT2D eigenvalue weighted by Crippen LogP contribution is -2.32. The maximum absolute atomic E-state index is 10.5. The molecule has 0 rings (SSSR count). The zero-order valence-corrected chi connectivity index (χ0v) is 9.98. The van der Waals surface area contributed by atoms with Gasteiger partial charge in [-0.3, -0.25) is 10.2 Å². The lowest BCUT2D eigenvalue weighted by atomic mass is 10.0. The summed E-state index contributed by atoms with van der Waals surface area (Å²) in [7, 11) is 0. The predicted octanol–water partition coefficient (Wildman–Crippen LogP) is -0.841.